The molecule has 4 aliphatic rings. The van der Waals surface area contributed by atoms with Crippen LogP contribution in [0, 0.1) is 27.7 Å². The molecule has 0 heterocycles. The molecule has 186 valence electrons. The molecule has 4 aliphatic carbocycles. The van der Waals surface area contributed by atoms with Gasteiger partial charge < -0.3 is 0 Å². The lowest BCUT2D eigenvalue weighted by molar-refractivity contribution is 0.176. The van der Waals surface area contributed by atoms with Crippen molar-refractivity contribution in [1.82, 2.24) is 0 Å². The molecule has 0 amide bonds. The summed E-state index contributed by atoms with van der Waals surface area (Å²) in [5.41, 5.74) is 12.3. The van der Waals surface area contributed by atoms with Crippen LogP contribution in [0.4, 0.5) is 0 Å². The van der Waals surface area contributed by atoms with Crippen molar-refractivity contribution in [3.63, 3.8) is 0 Å². The molecule has 4 saturated carbocycles. The number of rotatable bonds is 4. The Morgan fingerprint density at radius 1 is 0.324 bits per heavy atom. The van der Waals surface area contributed by atoms with Crippen molar-refractivity contribution < 1.29 is 0 Å². The second kappa shape index (κ2) is 7.70. The van der Waals surface area contributed by atoms with Gasteiger partial charge in [0, 0.05) is 10.8 Å². The predicted octanol–water partition coefficient (Wildman–Crippen LogP) is 8.96. The molecule has 0 radical (unpaired) electrons. The van der Waals surface area contributed by atoms with Crippen molar-refractivity contribution in [3.05, 3.63) is 142 Å². The minimum atomic E-state index is 0.129. The number of benzene rings is 4. The molecule has 8 rings (SSSR count). The molecule has 4 fully saturated rings. The standard InChI is InChI=1S/C37H38/c1-26-5-13-30(14-6-26)34-21-35(31-15-7-27(2)8-16-31)24-36(22-34,32-17-9-28(3)10-18-32)37(23-34,25-35)33-19-11-29(4)12-20-33/h5-20H,21-25H2,1-4H3. The molecule has 0 atom stereocenters. The Hall–Kier alpha value is -3.12. The molecule has 0 saturated heterocycles. The van der Waals surface area contributed by atoms with Crippen LogP contribution in [0.1, 0.15) is 76.6 Å². The van der Waals surface area contributed by atoms with Crippen molar-refractivity contribution in [2.75, 3.05) is 0 Å². The van der Waals surface area contributed by atoms with Crippen molar-refractivity contribution >= 4 is 0 Å². The van der Waals surface area contributed by atoms with Crippen LogP contribution in [0.25, 0.3) is 0 Å². The minimum absolute atomic E-state index is 0.129. The minimum Gasteiger partial charge on any atom is -0.0590 e. The third kappa shape index (κ3) is 3.14. The van der Waals surface area contributed by atoms with Crippen molar-refractivity contribution in [3.8, 4) is 0 Å². The second-order valence-corrected chi connectivity index (χ2v) is 13.1. The fourth-order valence-electron chi connectivity index (χ4n) is 9.27. The Kier molecular flexibility index (Phi) is 4.79. The Morgan fingerprint density at radius 2 is 0.568 bits per heavy atom. The number of hydrogen-bond donors (Lipinski definition) is 0. The van der Waals surface area contributed by atoms with E-state index >= 15 is 0 Å². The quantitative estimate of drug-likeness (QED) is 0.272. The average Bonchev–Trinajstić information content (AvgIpc) is 3.23. The zero-order chi connectivity index (χ0) is 25.5. The van der Waals surface area contributed by atoms with Gasteiger partial charge in [-0.1, -0.05) is 119 Å². The highest BCUT2D eigenvalue weighted by atomic mass is 14.8. The van der Waals surface area contributed by atoms with E-state index in [0.717, 1.165) is 0 Å². The average molecular weight is 483 g/mol. The third-order valence-electron chi connectivity index (χ3n) is 10.7. The molecule has 0 aromatic heterocycles. The molecule has 4 aromatic rings. The van der Waals surface area contributed by atoms with Crippen LogP contribution in [0.5, 0.6) is 0 Å². The lowest BCUT2D eigenvalue weighted by atomic mass is 9.54. The molecule has 0 nitrogen and oxygen atoms in total. The molecule has 0 aliphatic heterocycles. The van der Waals surface area contributed by atoms with Crippen LogP contribution in [-0.4, -0.2) is 0 Å². The molecular formula is C37H38. The first-order chi connectivity index (χ1) is 17.8. The van der Waals surface area contributed by atoms with Crippen molar-refractivity contribution in [2.45, 2.75) is 81.5 Å². The van der Waals surface area contributed by atoms with Crippen LogP contribution in [0.3, 0.4) is 0 Å². The molecular weight excluding hydrogens is 444 g/mol. The lowest BCUT2D eigenvalue weighted by Gasteiger charge is -2.49. The van der Waals surface area contributed by atoms with Gasteiger partial charge in [-0.25, -0.2) is 0 Å². The number of aryl methyl sites for hydroxylation is 4. The van der Waals surface area contributed by atoms with Crippen LogP contribution in [0.15, 0.2) is 97.1 Å². The van der Waals surface area contributed by atoms with Gasteiger partial charge >= 0.3 is 0 Å². The summed E-state index contributed by atoms with van der Waals surface area (Å²) in [6, 6.07) is 38.5. The van der Waals surface area contributed by atoms with Gasteiger partial charge in [0.15, 0.2) is 0 Å². The van der Waals surface area contributed by atoms with Crippen LogP contribution >= 0.6 is 0 Å². The Morgan fingerprint density at radius 3 is 0.838 bits per heavy atom. The van der Waals surface area contributed by atoms with Crippen LogP contribution in [-0.2, 0) is 21.7 Å². The van der Waals surface area contributed by atoms with E-state index in [2.05, 4.69) is 125 Å². The van der Waals surface area contributed by atoms with E-state index in [0.29, 0.717) is 0 Å². The maximum atomic E-state index is 2.47. The molecule has 4 aromatic carbocycles. The van der Waals surface area contributed by atoms with E-state index < -0.39 is 0 Å². The second-order valence-electron chi connectivity index (χ2n) is 13.1. The highest BCUT2D eigenvalue weighted by molar-refractivity contribution is 5.56. The van der Waals surface area contributed by atoms with Gasteiger partial charge in [0.1, 0.15) is 0 Å². The molecule has 37 heavy (non-hydrogen) atoms. The fourth-order valence-corrected chi connectivity index (χ4v) is 9.27. The predicted molar refractivity (Wildman–Crippen MR) is 155 cm³/mol. The molecule has 0 unspecified atom stereocenters. The molecule has 0 N–H and O–H groups in total. The van der Waals surface area contributed by atoms with Crippen molar-refractivity contribution in [1.29, 1.82) is 0 Å². The van der Waals surface area contributed by atoms with E-state index in [9.17, 15) is 0 Å². The van der Waals surface area contributed by atoms with E-state index in [4.69, 9.17) is 0 Å². The van der Waals surface area contributed by atoms with Gasteiger partial charge in [-0.2, -0.15) is 0 Å². The van der Waals surface area contributed by atoms with Gasteiger partial charge in [-0.15, -0.1) is 0 Å². The first kappa shape index (κ1) is 23.0. The zero-order valence-corrected chi connectivity index (χ0v) is 22.8. The first-order valence-corrected chi connectivity index (χ1v) is 14.1. The Labute approximate surface area is 222 Å². The monoisotopic (exact) mass is 482 g/mol. The zero-order valence-electron chi connectivity index (χ0n) is 22.8. The summed E-state index contributed by atoms with van der Waals surface area (Å²) in [6.07, 6.45) is 6.23. The van der Waals surface area contributed by atoms with E-state index in [1.807, 2.05) is 0 Å². The smallest absolute Gasteiger partial charge is 0.00674 e. The fraction of sp³-hybridized carbons (Fsp3) is 0.351. The summed E-state index contributed by atoms with van der Waals surface area (Å²) in [5.74, 6) is 0. The van der Waals surface area contributed by atoms with E-state index in [1.54, 1.807) is 22.3 Å². The number of hydrogen-bond acceptors (Lipinski definition) is 0. The van der Waals surface area contributed by atoms with Gasteiger partial charge in [0.25, 0.3) is 0 Å². The van der Waals surface area contributed by atoms with Gasteiger partial charge in [-0.3, -0.25) is 0 Å². The maximum Gasteiger partial charge on any atom is 0.00674 e. The van der Waals surface area contributed by atoms with Crippen LogP contribution < -0.4 is 0 Å². The van der Waals surface area contributed by atoms with Gasteiger partial charge in [-0.05, 0) is 92.9 Å². The normalized spacial score (nSPS) is 31.7. The highest BCUT2D eigenvalue weighted by Crippen LogP contribution is 2.80. The van der Waals surface area contributed by atoms with Crippen LogP contribution in [0.2, 0.25) is 0 Å². The largest absolute Gasteiger partial charge is 0.0590 e. The molecule has 4 bridgehead atoms. The Balaban J connectivity index is 1.52. The SMILES string of the molecule is Cc1ccc(C23CC4(c5ccc(C)cc5)CC(c5ccc(C)cc5)(C2)C(c2ccc(C)cc2)(C3)C4)cc1. The summed E-state index contributed by atoms with van der Waals surface area (Å²) < 4.78 is 0. The summed E-state index contributed by atoms with van der Waals surface area (Å²) in [6.45, 7) is 8.87. The van der Waals surface area contributed by atoms with Gasteiger partial charge in [0.2, 0.25) is 0 Å². The summed E-state index contributed by atoms with van der Waals surface area (Å²) >= 11 is 0. The summed E-state index contributed by atoms with van der Waals surface area (Å²) in [5, 5.41) is 0. The highest BCUT2D eigenvalue weighted by Gasteiger charge is 2.77. The maximum absolute atomic E-state index is 2.47. The molecule has 0 spiro atoms. The van der Waals surface area contributed by atoms with E-state index in [-0.39, 0.29) is 21.7 Å². The van der Waals surface area contributed by atoms with Gasteiger partial charge in [0.05, 0.1) is 0 Å². The summed E-state index contributed by atoms with van der Waals surface area (Å²) in [4.78, 5) is 0. The Bertz CT molecular complexity index is 1320. The lowest BCUT2D eigenvalue weighted by Crippen LogP contribution is -2.44. The third-order valence-corrected chi connectivity index (χ3v) is 10.7. The van der Waals surface area contributed by atoms with E-state index in [1.165, 1.54) is 54.4 Å². The topological polar surface area (TPSA) is 0 Å². The molecule has 0 heteroatoms. The summed E-state index contributed by atoms with van der Waals surface area (Å²) in [7, 11) is 0. The van der Waals surface area contributed by atoms with Crippen molar-refractivity contribution in [2.24, 2.45) is 0 Å². The first-order valence-electron chi connectivity index (χ1n) is 14.1.